The highest BCUT2D eigenvalue weighted by atomic mass is 19.4. The molecule has 154 valence electrons. The Morgan fingerprint density at radius 2 is 1.83 bits per heavy atom. The van der Waals surface area contributed by atoms with Crippen LogP contribution in [0, 0.1) is 5.92 Å². The Labute approximate surface area is 163 Å². The number of hydrogen-bond acceptors (Lipinski definition) is 5. The van der Waals surface area contributed by atoms with Gasteiger partial charge in [0, 0.05) is 5.56 Å². The number of Topliss-reactive ketones (excluding diaryl/α,β-unsaturated/α-hetero) is 1. The number of carbonyl (C=O) groups is 2. The zero-order chi connectivity index (χ0) is 21.4. The molecule has 1 aliphatic heterocycles. The molecule has 29 heavy (non-hydrogen) atoms. The smallest absolute Gasteiger partial charge is 0.437 e. The molecule has 1 aliphatic rings. The number of amides is 2. The number of phenolic OH excluding ortho intramolecular Hbond substituents is 1. The third kappa shape index (κ3) is 3.58. The van der Waals surface area contributed by atoms with Gasteiger partial charge in [-0.05, 0) is 17.7 Å². The Hall–Kier alpha value is -3.27. The van der Waals surface area contributed by atoms with E-state index in [-0.39, 0.29) is 22.6 Å². The van der Waals surface area contributed by atoms with E-state index in [1.54, 1.807) is 6.07 Å². The van der Waals surface area contributed by atoms with Gasteiger partial charge < -0.3 is 25.6 Å². The molecule has 3 rings (SSSR count). The maximum atomic E-state index is 13.8. The highest BCUT2D eigenvalue weighted by Gasteiger charge is 2.66. The van der Waals surface area contributed by atoms with E-state index in [4.69, 9.17) is 4.74 Å². The second-order valence-electron chi connectivity index (χ2n) is 6.48. The molecule has 0 spiro atoms. The third-order valence-corrected chi connectivity index (χ3v) is 4.71. The standard InChI is InChI=1S/C19H17F3N2O5/c1-29-13-9-11(7-8-12(13)25)15-14(16(26)10-5-3-2-4-6-10)18(28,19(20,21)22)24-17(27)23-15/h2-9,14-15,25,28H,1H3,(H2,23,24,27)/t14-,15+,18+/m0/s1. The van der Waals surface area contributed by atoms with Crippen molar-refractivity contribution in [3.05, 3.63) is 59.7 Å². The van der Waals surface area contributed by atoms with Crippen molar-refractivity contribution in [3.8, 4) is 11.5 Å². The fourth-order valence-corrected chi connectivity index (χ4v) is 3.29. The maximum Gasteiger partial charge on any atom is 0.437 e. The number of hydrogen-bond donors (Lipinski definition) is 4. The second-order valence-corrected chi connectivity index (χ2v) is 6.48. The van der Waals surface area contributed by atoms with Crippen LogP contribution >= 0.6 is 0 Å². The number of urea groups is 1. The van der Waals surface area contributed by atoms with Crippen LogP contribution in [0.1, 0.15) is 22.0 Å². The third-order valence-electron chi connectivity index (χ3n) is 4.71. The van der Waals surface area contributed by atoms with Crippen LogP contribution in [-0.2, 0) is 0 Å². The molecule has 0 radical (unpaired) electrons. The molecule has 1 heterocycles. The van der Waals surface area contributed by atoms with Crippen molar-refractivity contribution < 1.29 is 37.7 Å². The summed E-state index contributed by atoms with van der Waals surface area (Å²) in [5.74, 6) is -3.54. The van der Waals surface area contributed by atoms with Gasteiger partial charge in [0.1, 0.15) is 5.92 Å². The van der Waals surface area contributed by atoms with Crippen LogP contribution in [-0.4, -0.2) is 41.0 Å². The molecule has 2 aromatic carbocycles. The van der Waals surface area contributed by atoms with Crippen molar-refractivity contribution in [1.29, 1.82) is 0 Å². The van der Waals surface area contributed by atoms with Crippen molar-refractivity contribution in [2.45, 2.75) is 17.9 Å². The van der Waals surface area contributed by atoms with Gasteiger partial charge in [-0.25, -0.2) is 4.79 Å². The lowest BCUT2D eigenvalue weighted by molar-refractivity contribution is -0.287. The van der Waals surface area contributed by atoms with Gasteiger partial charge in [-0.1, -0.05) is 36.4 Å². The molecular formula is C19H17F3N2O5. The van der Waals surface area contributed by atoms with E-state index in [1.165, 1.54) is 48.8 Å². The summed E-state index contributed by atoms with van der Waals surface area (Å²) in [6, 6.07) is 7.84. The van der Waals surface area contributed by atoms with E-state index < -0.39 is 35.7 Å². The fourth-order valence-electron chi connectivity index (χ4n) is 3.29. The lowest BCUT2D eigenvalue weighted by Gasteiger charge is -2.45. The zero-order valence-electron chi connectivity index (χ0n) is 15.0. The number of ether oxygens (including phenoxy) is 1. The highest BCUT2D eigenvalue weighted by molar-refractivity contribution is 6.00. The summed E-state index contributed by atoms with van der Waals surface area (Å²) in [5, 5.41) is 23.9. The van der Waals surface area contributed by atoms with Crippen LogP contribution in [0.5, 0.6) is 11.5 Å². The van der Waals surface area contributed by atoms with Crippen LogP contribution in [0.3, 0.4) is 0 Å². The van der Waals surface area contributed by atoms with Gasteiger partial charge in [0.15, 0.2) is 17.3 Å². The number of rotatable bonds is 4. The summed E-state index contributed by atoms with van der Waals surface area (Å²) in [4.78, 5) is 25.0. The Morgan fingerprint density at radius 3 is 2.41 bits per heavy atom. The summed E-state index contributed by atoms with van der Waals surface area (Å²) in [6.45, 7) is 0. The topological polar surface area (TPSA) is 108 Å². The first-order valence-electron chi connectivity index (χ1n) is 8.42. The SMILES string of the molecule is COc1cc([C@H]2NC(=O)N[C@](O)(C(F)(F)F)[C@@H]2C(=O)c2ccccc2)ccc1O. The molecule has 0 saturated carbocycles. The van der Waals surface area contributed by atoms with Crippen molar-refractivity contribution in [3.63, 3.8) is 0 Å². The van der Waals surface area contributed by atoms with Gasteiger partial charge in [-0.2, -0.15) is 13.2 Å². The number of aromatic hydroxyl groups is 1. The lowest BCUT2D eigenvalue weighted by atomic mass is 9.77. The molecule has 10 heteroatoms. The molecule has 7 nitrogen and oxygen atoms in total. The van der Waals surface area contributed by atoms with Crippen LogP contribution < -0.4 is 15.4 Å². The van der Waals surface area contributed by atoms with Gasteiger partial charge in [-0.15, -0.1) is 0 Å². The highest BCUT2D eigenvalue weighted by Crippen LogP contribution is 2.44. The van der Waals surface area contributed by atoms with E-state index in [1.807, 2.05) is 0 Å². The van der Waals surface area contributed by atoms with E-state index in [9.17, 15) is 33.0 Å². The van der Waals surface area contributed by atoms with Gasteiger partial charge >= 0.3 is 12.2 Å². The van der Waals surface area contributed by atoms with Crippen LogP contribution in [0.25, 0.3) is 0 Å². The van der Waals surface area contributed by atoms with Gasteiger partial charge in [0.05, 0.1) is 13.2 Å². The predicted octanol–water partition coefficient (Wildman–Crippen LogP) is 2.50. The summed E-state index contributed by atoms with van der Waals surface area (Å²) in [7, 11) is 1.23. The number of carbonyl (C=O) groups excluding carboxylic acids is 2. The number of alkyl halides is 3. The first-order chi connectivity index (χ1) is 13.6. The van der Waals surface area contributed by atoms with Gasteiger partial charge in [0.2, 0.25) is 5.72 Å². The fraction of sp³-hybridized carbons (Fsp3) is 0.263. The first kappa shape index (κ1) is 20.5. The summed E-state index contributed by atoms with van der Waals surface area (Å²) >= 11 is 0. The minimum absolute atomic E-state index is 0.0338. The molecule has 3 atom stereocenters. The van der Waals surface area contributed by atoms with E-state index in [2.05, 4.69) is 5.32 Å². The monoisotopic (exact) mass is 410 g/mol. The number of methoxy groups -OCH3 is 1. The second kappa shape index (κ2) is 7.28. The molecular weight excluding hydrogens is 393 g/mol. The minimum atomic E-state index is -5.35. The molecule has 1 fully saturated rings. The Morgan fingerprint density at radius 1 is 1.17 bits per heavy atom. The Balaban J connectivity index is 2.18. The molecule has 1 saturated heterocycles. The molecule has 2 amide bonds. The molecule has 0 bridgehead atoms. The normalized spacial score (nSPS) is 24.4. The summed E-state index contributed by atoms with van der Waals surface area (Å²) in [6.07, 6.45) is -5.35. The molecule has 0 aromatic heterocycles. The average Bonchev–Trinajstić information content (AvgIpc) is 2.67. The molecule has 0 aliphatic carbocycles. The van der Waals surface area contributed by atoms with Crippen LogP contribution in [0.4, 0.5) is 18.0 Å². The average molecular weight is 410 g/mol. The van der Waals surface area contributed by atoms with Crippen molar-refractivity contribution >= 4 is 11.8 Å². The number of halogens is 3. The van der Waals surface area contributed by atoms with Gasteiger partial charge in [-0.3, -0.25) is 4.79 Å². The molecule has 4 N–H and O–H groups in total. The predicted molar refractivity (Wildman–Crippen MR) is 94.3 cm³/mol. The van der Waals surface area contributed by atoms with Crippen molar-refractivity contribution in [2.75, 3.05) is 7.11 Å². The van der Waals surface area contributed by atoms with E-state index in [0.29, 0.717) is 0 Å². The lowest BCUT2D eigenvalue weighted by Crippen LogP contribution is -2.72. The quantitative estimate of drug-likeness (QED) is 0.580. The molecule has 0 unspecified atom stereocenters. The number of phenols is 1. The number of ketones is 1. The minimum Gasteiger partial charge on any atom is -0.504 e. The van der Waals surface area contributed by atoms with Gasteiger partial charge in [0.25, 0.3) is 0 Å². The summed E-state index contributed by atoms with van der Waals surface area (Å²) < 4.78 is 46.4. The zero-order valence-corrected chi connectivity index (χ0v) is 15.0. The number of benzene rings is 2. The number of aliphatic hydroxyl groups is 1. The van der Waals surface area contributed by atoms with Crippen molar-refractivity contribution in [1.82, 2.24) is 10.6 Å². The largest absolute Gasteiger partial charge is 0.504 e. The van der Waals surface area contributed by atoms with Crippen LogP contribution in [0.15, 0.2) is 48.5 Å². The van der Waals surface area contributed by atoms with Crippen LogP contribution in [0.2, 0.25) is 0 Å². The number of nitrogens with one attached hydrogen (secondary N) is 2. The van der Waals surface area contributed by atoms with E-state index in [0.717, 1.165) is 6.07 Å². The molecule has 2 aromatic rings. The van der Waals surface area contributed by atoms with Crippen molar-refractivity contribution in [2.24, 2.45) is 5.92 Å². The Bertz CT molecular complexity index is 935. The first-order valence-corrected chi connectivity index (χ1v) is 8.42. The van der Waals surface area contributed by atoms with E-state index >= 15 is 0 Å². The maximum absolute atomic E-state index is 13.8. The summed E-state index contributed by atoms with van der Waals surface area (Å²) in [5.41, 5.74) is -3.86. The Kier molecular flexibility index (Phi) is 5.14.